The molecule has 3 nitrogen and oxygen atoms in total. The number of hydrogen-bond donors (Lipinski definition) is 1. The molecule has 0 radical (unpaired) electrons. The zero-order chi connectivity index (χ0) is 10.7. The molecule has 1 saturated carbocycles. The van der Waals surface area contributed by atoms with Gasteiger partial charge in [0.05, 0.1) is 6.61 Å². The summed E-state index contributed by atoms with van der Waals surface area (Å²) in [5.41, 5.74) is 5.94. The van der Waals surface area contributed by atoms with Gasteiger partial charge in [-0.3, -0.25) is 0 Å². The zero-order valence-electron chi connectivity index (χ0n) is 9.82. The Morgan fingerprint density at radius 3 is 2.80 bits per heavy atom. The Balaban J connectivity index is 1.73. The van der Waals surface area contributed by atoms with E-state index in [0.717, 1.165) is 25.2 Å². The van der Waals surface area contributed by atoms with Gasteiger partial charge >= 0.3 is 0 Å². The van der Waals surface area contributed by atoms with E-state index in [1.54, 1.807) is 0 Å². The fourth-order valence-corrected chi connectivity index (χ4v) is 2.90. The molecule has 0 aromatic carbocycles. The molecule has 0 aromatic heterocycles. The molecule has 1 saturated heterocycles. The van der Waals surface area contributed by atoms with E-state index in [1.165, 1.54) is 38.6 Å². The van der Waals surface area contributed by atoms with Gasteiger partial charge in [-0.25, -0.2) is 0 Å². The molecule has 0 bridgehead atoms. The van der Waals surface area contributed by atoms with E-state index >= 15 is 0 Å². The third-order valence-corrected chi connectivity index (χ3v) is 3.87. The zero-order valence-corrected chi connectivity index (χ0v) is 9.82. The molecule has 2 N–H and O–H groups in total. The second kappa shape index (κ2) is 5.28. The van der Waals surface area contributed by atoms with Gasteiger partial charge in [0.15, 0.2) is 0 Å². The van der Waals surface area contributed by atoms with Crippen molar-refractivity contribution in [2.75, 3.05) is 26.8 Å². The maximum Gasteiger partial charge on any atom is 0.0506 e. The summed E-state index contributed by atoms with van der Waals surface area (Å²) in [6.45, 7) is 3.12. The average molecular weight is 212 g/mol. The van der Waals surface area contributed by atoms with Gasteiger partial charge in [0.2, 0.25) is 0 Å². The van der Waals surface area contributed by atoms with Gasteiger partial charge in [0, 0.05) is 25.2 Å². The lowest BCUT2D eigenvalue weighted by Crippen LogP contribution is -2.37. The normalized spacial score (nSPS) is 37.4. The lowest BCUT2D eigenvalue weighted by atomic mass is 10.0. The first-order chi connectivity index (χ1) is 7.25. The molecule has 2 aliphatic rings. The van der Waals surface area contributed by atoms with E-state index in [2.05, 4.69) is 11.9 Å². The van der Waals surface area contributed by atoms with Crippen LogP contribution in [-0.4, -0.2) is 43.8 Å². The van der Waals surface area contributed by atoms with E-state index in [0.29, 0.717) is 6.04 Å². The molecule has 0 spiro atoms. The molecule has 15 heavy (non-hydrogen) atoms. The van der Waals surface area contributed by atoms with Crippen LogP contribution in [0.1, 0.15) is 32.1 Å². The minimum atomic E-state index is 0.444. The Labute approximate surface area is 93.0 Å². The summed E-state index contributed by atoms with van der Waals surface area (Å²) < 4.78 is 5.52. The van der Waals surface area contributed by atoms with Crippen molar-refractivity contribution in [3.8, 4) is 0 Å². The predicted octanol–water partition coefficient (Wildman–Crippen LogP) is 1.22. The van der Waals surface area contributed by atoms with E-state index < -0.39 is 0 Å². The van der Waals surface area contributed by atoms with Crippen LogP contribution in [0.15, 0.2) is 0 Å². The minimum Gasteiger partial charge on any atom is -0.381 e. The Bertz CT molecular complexity index is 192. The van der Waals surface area contributed by atoms with Gasteiger partial charge in [-0.05, 0) is 45.1 Å². The number of hydrogen-bond acceptors (Lipinski definition) is 3. The maximum atomic E-state index is 5.94. The number of ether oxygens (including phenoxy) is 1. The summed E-state index contributed by atoms with van der Waals surface area (Å²) in [5.74, 6) is 0.751. The van der Waals surface area contributed by atoms with Crippen molar-refractivity contribution in [3.05, 3.63) is 0 Å². The maximum absolute atomic E-state index is 5.94. The third kappa shape index (κ3) is 3.16. The second-order valence-corrected chi connectivity index (χ2v) is 5.25. The number of rotatable bonds is 3. The van der Waals surface area contributed by atoms with Crippen molar-refractivity contribution < 1.29 is 4.74 Å². The summed E-state index contributed by atoms with van der Waals surface area (Å²) in [6.07, 6.45) is 6.25. The molecule has 88 valence electrons. The van der Waals surface area contributed by atoms with Crippen molar-refractivity contribution in [2.45, 2.75) is 44.2 Å². The molecule has 3 unspecified atom stereocenters. The van der Waals surface area contributed by atoms with Gasteiger partial charge in [-0.2, -0.15) is 0 Å². The topological polar surface area (TPSA) is 38.5 Å². The molecule has 2 rings (SSSR count). The van der Waals surface area contributed by atoms with E-state index in [-0.39, 0.29) is 0 Å². The number of nitrogens with zero attached hydrogens (tertiary/aromatic N) is 1. The molecule has 2 fully saturated rings. The molecular weight excluding hydrogens is 188 g/mol. The van der Waals surface area contributed by atoms with Crippen LogP contribution in [0.3, 0.4) is 0 Å². The monoisotopic (exact) mass is 212 g/mol. The highest BCUT2D eigenvalue weighted by atomic mass is 16.5. The van der Waals surface area contributed by atoms with Crippen LogP contribution in [-0.2, 0) is 4.74 Å². The lowest BCUT2D eigenvalue weighted by molar-refractivity contribution is 0.0365. The molecule has 3 atom stereocenters. The van der Waals surface area contributed by atoms with Crippen LogP contribution >= 0.6 is 0 Å². The summed E-state index contributed by atoms with van der Waals surface area (Å²) >= 11 is 0. The molecule has 1 heterocycles. The fraction of sp³-hybridized carbons (Fsp3) is 1.00. The molecule has 0 amide bonds. The third-order valence-electron chi connectivity index (χ3n) is 3.87. The van der Waals surface area contributed by atoms with E-state index in [4.69, 9.17) is 10.5 Å². The van der Waals surface area contributed by atoms with Gasteiger partial charge in [0.25, 0.3) is 0 Å². The minimum absolute atomic E-state index is 0.444. The van der Waals surface area contributed by atoms with Gasteiger partial charge in [-0.15, -0.1) is 0 Å². The molecule has 0 aromatic rings. The molecule has 1 aliphatic heterocycles. The fourth-order valence-electron chi connectivity index (χ4n) is 2.90. The highest BCUT2D eigenvalue weighted by Gasteiger charge is 2.26. The van der Waals surface area contributed by atoms with E-state index in [1.807, 2.05) is 0 Å². The lowest BCUT2D eigenvalue weighted by Gasteiger charge is -2.30. The molecule has 1 aliphatic carbocycles. The summed E-state index contributed by atoms with van der Waals surface area (Å²) in [7, 11) is 2.25. The standard InChI is InChI=1S/C12H24N2O/c1-14(12-5-4-11(13)7-12)8-10-3-2-6-15-9-10/h10-12H,2-9,13H2,1H3. The first-order valence-corrected chi connectivity index (χ1v) is 6.29. The average Bonchev–Trinajstić information content (AvgIpc) is 2.66. The van der Waals surface area contributed by atoms with Crippen LogP contribution in [0.4, 0.5) is 0 Å². The predicted molar refractivity (Wildman–Crippen MR) is 61.8 cm³/mol. The summed E-state index contributed by atoms with van der Waals surface area (Å²) in [4.78, 5) is 2.51. The van der Waals surface area contributed by atoms with Crippen LogP contribution in [0.25, 0.3) is 0 Å². The smallest absolute Gasteiger partial charge is 0.0506 e. The summed E-state index contributed by atoms with van der Waals surface area (Å²) in [5, 5.41) is 0. The van der Waals surface area contributed by atoms with Gasteiger partial charge < -0.3 is 15.4 Å². The molecular formula is C12H24N2O. The Morgan fingerprint density at radius 1 is 1.33 bits per heavy atom. The van der Waals surface area contributed by atoms with Crippen molar-refractivity contribution in [3.63, 3.8) is 0 Å². The Hall–Kier alpha value is -0.120. The number of nitrogens with two attached hydrogens (primary N) is 1. The Morgan fingerprint density at radius 2 is 2.20 bits per heavy atom. The summed E-state index contributed by atoms with van der Waals surface area (Å²) in [6, 6.07) is 1.17. The SMILES string of the molecule is CN(CC1CCCOC1)C1CCC(N)C1. The van der Waals surface area contributed by atoms with Crippen LogP contribution in [0.5, 0.6) is 0 Å². The van der Waals surface area contributed by atoms with Crippen molar-refractivity contribution in [1.29, 1.82) is 0 Å². The highest BCUT2D eigenvalue weighted by Crippen LogP contribution is 2.24. The second-order valence-electron chi connectivity index (χ2n) is 5.25. The van der Waals surface area contributed by atoms with Crippen LogP contribution in [0.2, 0.25) is 0 Å². The molecule has 3 heteroatoms. The van der Waals surface area contributed by atoms with Crippen LogP contribution in [0, 0.1) is 5.92 Å². The van der Waals surface area contributed by atoms with Crippen molar-refractivity contribution >= 4 is 0 Å². The quantitative estimate of drug-likeness (QED) is 0.764. The van der Waals surface area contributed by atoms with Crippen LogP contribution < -0.4 is 5.73 Å². The Kier molecular flexibility index (Phi) is 4.00. The first kappa shape index (κ1) is 11.4. The van der Waals surface area contributed by atoms with Crippen molar-refractivity contribution in [1.82, 2.24) is 4.90 Å². The highest BCUT2D eigenvalue weighted by molar-refractivity contribution is 4.84. The van der Waals surface area contributed by atoms with Crippen molar-refractivity contribution in [2.24, 2.45) is 11.7 Å². The largest absolute Gasteiger partial charge is 0.381 e. The van der Waals surface area contributed by atoms with Gasteiger partial charge in [-0.1, -0.05) is 0 Å². The first-order valence-electron chi connectivity index (χ1n) is 6.29. The van der Waals surface area contributed by atoms with Gasteiger partial charge in [0.1, 0.15) is 0 Å². The van der Waals surface area contributed by atoms with E-state index in [9.17, 15) is 0 Å².